The second kappa shape index (κ2) is 5.57. The quantitative estimate of drug-likeness (QED) is 0.900. The second-order valence-corrected chi connectivity index (χ2v) is 5.66. The van der Waals surface area contributed by atoms with Crippen LogP contribution in [0.5, 0.6) is 0 Å². The number of hydrogen-bond acceptors (Lipinski definition) is 3. The van der Waals surface area contributed by atoms with Crippen LogP contribution in [0.2, 0.25) is 0 Å². The van der Waals surface area contributed by atoms with Gasteiger partial charge in [-0.05, 0) is 43.5 Å². The third-order valence-electron chi connectivity index (χ3n) is 4.25. The molecule has 1 aromatic rings. The van der Waals surface area contributed by atoms with Crippen molar-refractivity contribution in [2.75, 3.05) is 19.7 Å². The molecule has 4 heteroatoms. The van der Waals surface area contributed by atoms with E-state index in [1.807, 2.05) is 6.07 Å². The van der Waals surface area contributed by atoms with Crippen LogP contribution in [0.1, 0.15) is 18.4 Å². The van der Waals surface area contributed by atoms with Gasteiger partial charge in [0.05, 0.1) is 12.7 Å². The van der Waals surface area contributed by atoms with Gasteiger partial charge >= 0.3 is 0 Å². The Labute approximate surface area is 113 Å². The van der Waals surface area contributed by atoms with Crippen LogP contribution < -0.4 is 5.73 Å². The summed E-state index contributed by atoms with van der Waals surface area (Å²) < 4.78 is 19.1. The van der Waals surface area contributed by atoms with Gasteiger partial charge in [-0.15, -0.1) is 0 Å². The molecule has 0 aromatic heterocycles. The van der Waals surface area contributed by atoms with E-state index in [1.165, 1.54) is 18.9 Å². The topological polar surface area (TPSA) is 38.5 Å². The minimum Gasteiger partial charge on any atom is -0.374 e. The van der Waals surface area contributed by atoms with Gasteiger partial charge in [0.2, 0.25) is 0 Å². The van der Waals surface area contributed by atoms with Crippen molar-refractivity contribution in [3.05, 3.63) is 35.6 Å². The van der Waals surface area contributed by atoms with Gasteiger partial charge in [-0.3, -0.25) is 4.90 Å². The van der Waals surface area contributed by atoms with Crippen molar-refractivity contribution in [1.29, 1.82) is 0 Å². The predicted octanol–water partition coefficient (Wildman–Crippen LogP) is 1.56. The molecule has 0 amide bonds. The molecule has 2 saturated heterocycles. The molecule has 2 aliphatic heterocycles. The largest absolute Gasteiger partial charge is 0.374 e. The number of hydrogen-bond donors (Lipinski definition) is 1. The minimum absolute atomic E-state index is 0.0663. The van der Waals surface area contributed by atoms with E-state index in [4.69, 9.17) is 10.5 Å². The van der Waals surface area contributed by atoms with Gasteiger partial charge in [0.25, 0.3) is 0 Å². The van der Waals surface area contributed by atoms with Gasteiger partial charge in [-0.25, -0.2) is 4.39 Å². The Morgan fingerprint density at radius 1 is 1.47 bits per heavy atom. The summed E-state index contributed by atoms with van der Waals surface area (Å²) in [5.41, 5.74) is 7.18. The molecule has 3 atom stereocenters. The lowest BCUT2D eigenvalue weighted by molar-refractivity contribution is -0.0589. The number of benzene rings is 1. The number of nitrogens with zero attached hydrogens (tertiary/aromatic N) is 1. The molecule has 0 radical (unpaired) electrons. The van der Waals surface area contributed by atoms with Gasteiger partial charge in [0, 0.05) is 18.6 Å². The van der Waals surface area contributed by atoms with Crippen LogP contribution in [0.15, 0.2) is 24.3 Å². The molecule has 2 aliphatic rings. The molecule has 2 fully saturated rings. The average molecular weight is 264 g/mol. The molecular formula is C15H21FN2O. The Hall–Kier alpha value is -0.970. The maximum atomic E-state index is 13.2. The maximum Gasteiger partial charge on any atom is 0.123 e. The first-order valence-electron chi connectivity index (χ1n) is 7.08. The fraction of sp³-hybridized carbons (Fsp3) is 0.600. The normalized spacial score (nSPS) is 29.2. The zero-order chi connectivity index (χ0) is 13.2. The Kier molecular flexibility index (Phi) is 3.82. The minimum atomic E-state index is -0.200. The molecule has 2 N–H and O–H groups in total. The number of ether oxygens (including phenoxy) is 1. The molecule has 0 aliphatic carbocycles. The first kappa shape index (κ1) is 13.0. The Balaban J connectivity index is 1.59. The summed E-state index contributed by atoms with van der Waals surface area (Å²) in [6.45, 7) is 2.87. The van der Waals surface area contributed by atoms with Crippen LogP contribution in [-0.4, -0.2) is 42.8 Å². The molecule has 19 heavy (non-hydrogen) atoms. The molecule has 104 valence electrons. The zero-order valence-electron chi connectivity index (χ0n) is 11.1. The number of halogens is 1. The van der Waals surface area contributed by atoms with Crippen molar-refractivity contribution in [2.24, 2.45) is 5.73 Å². The van der Waals surface area contributed by atoms with Gasteiger partial charge in [0.15, 0.2) is 0 Å². The number of morpholine rings is 1. The summed E-state index contributed by atoms with van der Waals surface area (Å²) in [4.78, 5) is 2.49. The molecule has 0 bridgehead atoms. The van der Waals surface area contributed by atoms with Crippen LogP contribution in [0.3, 0.4) is 0 Å². The van der Waals surface area contributed by atoms with E-state index in [-0.39, 0.29) is 18.0 Å². The molecule has 3 rings (SSSR count). The molecule has 0 spiro atoms. The number of fused-ring (bicyclic) bond motifs is 1. The summed E-state index contributed by atoms with van der Waals surface area (Å²) >= 11 is 0. The van der Waals surface area contributed by atoms with E-state index in [2.05, 4.69) is 4.90 Å². The van der Waals surface area contributed by atoms with Crippen molar-refractivity contribution in [3.8, 4) is 0 Å². The highest BCUT2D eigenvalue weighted by molar-refractivity contribution is 5.17. The van der Waals surface area contributed by atoms with E-state index in [0.29, 0.717) is 12.5 Å². The summed E-state index contributed by atoms with van der Waals surface area (Å²) in [5, 5.41) is 0. The third kappa shape index (κ3) is 2.96. The maximum absolute atomic E-state index is 13.2. The molecule has 3 unspecified atom stereocenters. The van der Waals surface area contributed by atoms with Crippen molar-refractivity contribution in [3.63, 3.8) is 0 Å². The molecular weight excluding hydrogens is 243 g/mol. The molecule has 0 saturated carbocycles. The highest BCUT2D eigenvalue weighted by atomic mass is 19.1. The Morgan fingerprint density at radius 3 is 3.21 bits per heavy atom. The van der Waals surface area contributed by atoms with Gasteiger partial charge in [-0.1, -0.05) is 12.1 Å². The zero-order valence-corrected chi connectivity index (χ0v) is 11.1. The van der Waals surface area contributed by atoms with Crippen LogP contribution in [-0.2, 0) is 11.2 Å². The molecule has 2 heterocycles. The second-order valence-electron chi connectivity index (χ2n) is 5.66. The van der Waals surface area contributed by atoms with E-state index < -0.39 is 0 Å². The number of nitrogens with two attached hydrogens (primary N) is 1. The lowest BCUT2D eigenvalue weighted by Crippen LogP contribution is -2.53. The van der Waals surface area contributed by atoms with Crippen LogP contribution >= 0.6 is 0 Å². The summed E-state index contributed by atoms with van der Waals surface area (Å²) in [7, 11) is 0. The van der Waals surface area contributed by atoms with E-state index in [0.717, 1.165) is 25.3 Å². The van der Waals surface area contributed by atoms with Gasteiger partial charge in [0.1, 0.15) is 5.82 Å². The van der Waals surface area contributed by atoms with Crippen LogP contribution in [0, 0.1) is 5.82 Å². The average Bonchev–Trinajstić information content (AvgIpc) is 2.85. The predicted molar refractivity (Wildman–Crippen MR) is 72.4 cm³/mol. The summed E-state index contributed by atoms with van der Waals surface area (Å²) in [6.07, 6.45) is 3.24. The van der Waals surface area contributed by atoms with Crippen LogP contribution in [0.4, 0.5) is 4.39 Å². The fourth-order valence-corrected chi connectivity index (χ4v) is 3.17. The van der Waals surface area contributed by atoms with E-state index in [1.54, 1.807) is 12.1 Å². The highest BCUT2D eigenvalue weighted by Gasteiger charge is 2.34. The van der Waals surface area contributed by atoms with Crippen molar-refractivity contribution in [2.45, 2.75) is 37.5 Å². The standard InChI is InChI=1S/C15H21FN2O/c16-12-4-1-3-11(7-12)8-14(17)15-9-18-6-2-5-13(18)10-19-15/h1,3-4,7,13-15H,2,5-6,8-10,17H2. The smallest absolute Gasteiger partial charge is 0.123 e. The fourth-order valence-electron chi connectivity index (χ4n) is 3.17. The Bertz CT molecular complexity index is 440. The van der Waals surface area contributed by atoms with Crippen molar-refractivity contribution < 1.29 is 9.13 Å². The monoisotopic (exact) mass is 264 g/mol. The lowest BCUT2D eigenvalue weighted by Gasteiger charge is -2.37. The van der Waals surface area contributed by atoms with Gasteiger partial charge < -0.3 is 10.5 Å². The first-order valence-corrected chi connectivity index (χ1v) is 7.08. The van der Waals surface area contributed by atoms with Gasteiger partial charge in [-0.2, -0.15) is 0 Å². The van der Waals surface area contributed by atoms with Crippen LogP contribution in [0.25, 0.3) is 0 Å². The number of rotatable bonds is 3. The lowest BCUT2D eigenvalue weighted by atomic mass is 10.00. The third-order valence-corrected chi connectivity index (χ3v) is 4.25. The van der Waals surface area contributed by atoms with Crippen molar-refractivity contribution >= 4 is 0 Å². The van der Waals surface area contributed by atoms with Crippen molar-refractivity contribution in [1.82, 2.24) is 4.90 Å². The van der Waals surface area contributed by atoms with E-state index in [9.17, 15) is 4.39 Å². The van der Waals surface area contributed by atoms with E-state index >= 15 is 0 Å². The molecule has 3 nitrogen and oxygen atoms in total. The summed E-state index contributed by atoms with van der Waals surface area (Å²) in [5.74, 6) is -0.200. The SMILES string of the molecule is NC(Cc1cccc(F)c1)C1CN2CCCC2CO1. The summed E-state index contributed by atoms with van der Waals surface area (Å²) in [6, 6.07) is 7.20. The highest BCUT2D eigenvalue weighted by Crippen LogP contribution is 2.24. The molecule has 1 aromatic carbocycles. The Morgan fingerprint density at radius 2 is 2.37 bits per heavy atom. The first-order chi connectivity index (χ1) is 9.22.